The van der Waals surface area contributed by atoms with Gasteiger partial charge in [-0.25, -0.2) is 9.97 Å². The molecule has 8 N–H and O–H groups in total. The van der Waals surface area contributed by atoms with Crippen LogP contribution in [0.3, 0.4) is 0 Å². The van der Waals surface area contributed by atoms with Crippen LogP contribution < -0.4 is 22.9 Å². The maximum atomic E-state index is 6.59. The molecule has 406 valence electrons. The fourth-order valence-electron chi connectivity index (χ4n) is 8.47. The SMILES string of the molecule is C=C/N=C\C(=C/C)c1ccc(C(=C)/C=C\C=C(/N)c2ccc(-c3cc(C(/C=C\C(=C)c4cccc(-c5ccc(/C(C=C)=C/C=C\N)cn5)n4)=C/N)cc(C(/C=C\C(=C)c4cccc(-c5ccc(-c6cccnc6)cn5)n4)=C/N)c3)cn2)nc1. The molecule has 8 rings (SSSR count). The van der Waals surface area contributed by atoms with E-state index in [1.54, 1.807) is 61.6 Å². The molecule has 1 aromatic carbocycles. The van der Waals surface area contributed by atoms with E-state index in [2.05, 4.69) is 47.9 Å². The highest BCUT2D eigenvalue weighted by molar-refractivity contribution is 6.09. The average molecular weight is 1080 g/mol. The fourth-order valence-corrected chi connectivity index (χ4v) is 8.47. The summed E-state index contributed by atoms with van der Waals surface area (Å²) in [6.45, 7) is 22.5. The van der Waals surface area contributed by atoms with Gasteiger partial charge < -0.3 is 22.9 Å². The number of rotatable bonds is 22. The summed E-state index contributed by atoms with van der Waals surface area (Å²) in [7, 11) is 0. The molecule has 0 aliphatic rings. The minimum Gasteiger partial charge on any atom is -0.405 e. The number of aliphatic imine (C=N–C) groups is 1. The largest absolute Gasteiger partial charge is 0.405 e. The topological polar surface area (TPSA) is 207 Å². The molecule has 83 heavy (non-hydrogen) atoms. The van der Waals surface area contributed by atoms with E-state index in [9.17, 15) is 0 Å². The zero-order valence-corrected chi connectivity index (χ0v) is 46.1. The summed E-state index contributed by atoms with van der Waals surface area (Å²) in [5, 5.41) is 0. The number of allylic oxidation sites excluding steroid dienone is 18. The molecule has 0 saturated carbocycles. The average Bonchev–Trinajstić information content (AvgIpc) is 3.73. The molecule has 0 aliphatic carbocycles. The maximum absolute atomic E-state index is 6.59. The van der Waals surface area contributed by atoms with E-state index in [-0.39, 0.29) is 0 Å². The molecule has 0 unspecified atom stereocenters. The molecule has 0 aliphatic heterocycles. The molecule has 8 aromatic rings. The van der Waals surface area contributed by atoms with Crippen molar-refractivity contribution in [2.45, 2.75) is 6.92 Å². The minimum absolute atomic E-state index is 0.464. The van der Waals surface area contributed by atoms with Gasteiger partial charge in [-0.3, -0.25) is 29.9 Å². The maximum Gasteiger partial charge on any atom is 0.0893 e. The zero-order valence-electron chi connectivity index (χ0n) is 46.1. The van der Waals surface area contributed by atoms with Crippen molar-refractivity contribution >= 4 is 50.9 Å². The van der Waals surface area contributed by atoms with Gasteiger partial charge in [-0.05, 0) is 154 Å². The number of pyridine rings is 7. The molecule has 7 aromatic heterocycles. The van der Waals surface area contributed by atoms with E-state index in [1.165, 1.54) is 12.4 Å². The van der Waals surface area contributed by atoms with Crippen molar-refractivity contribution in [1.82, 2.24) is 34.9 Å². The van der Waals surface area contributed by atoms with Crippen LogP contribution in [0.15, 0.2) is 282 Å². The Hall–Kier alpha value is -11.5. The second-order valence-electron chi connectivity index (χ2n) is 18.5. The Balaban J connectivity index is 1.06. The van der Waals surface area contributed by atoms with Crippen LogP contribution >= 0.6 is 0 Å². The van der Waals surface area contributed by atoms with Crippen molar-refractivity contribution in [1.29, 1.82) is 0 Å². The molecule has 0 radical (unpaired) electrons. The lowest BCUT2D eigenvalue weighted by molar-refractivity contribution is 1.22. The van der Waals surface area contributed by atoms with E-state index in [1.807, 2.05) is 183 Å². The molecule has 0 amide bonds. The molecule has 0 fully saturated rings. The van der Waals surface area contributed by atoms with Crippen LogP contribution in [0.2, 0.25) is 0 Å². The molecule has 0 spiro atoms. The van der Waals surface area contributed by atoms with Gasteiger partial charge in [0.25, 0.3) is 0 Å². The van der Waals surface area contributed by atoms with Crippen LogP contribution in [0.5, 0.6) is 0 Å². The quantitative estimate of drug-likeness (QED) is 0.0371. The molecule has 0 atom stereocenters. The van der Waals surface area contributed by atoms with Crippen LogP contribution in [0, 0.1) is 0 Å². The third-order valence-corrected chi connectivity index (χ3v) is 13.1. The highest BCUT2D eigenvalue weighted by Crippen LogP contribution is 2.32. The highest BCUT2D eigenvalue weighted by atomic mass is 14.8. The Morgan fingerprint density at radius 2 is 1.04 bits per heavy atom. The van der Waals surface area contributed by atoms with Gasteiger partial charge in [-0.1, -0.05) is 130 Å². The lowest BCUT2D eigenvalue weighted by atomic mass is 9.93. The third-order valence-electron chi connectivity index (χ3n) is 13.1. The smallest absolute Gasteiger partial charge is 0.0893 e. The molecular formula is C71H62N12. The first-order chi connectivity index (χ1) is 40.5. The summed E-state index contributed by atoms with van der Waals surface area (Å²) in [5.74, 6) is 0. The van der Waals surface area contributed by atoms with Crippen molar-refractivity contribution in [2.75, 3.05) is 0 Å². The fraction of sp³-hybridized carbons (Fsp3) is 0.0141. The first kappa shape index (κ1) is 57.7. The summed E-state index contributed by atoms with van der Waals surface area (Å²) in [5.41, 5.74) is 43.4. The Bertz CT molecular complexity index is 4000. The summed E-state index contributed by atoms with van der Waals surface area (Å²) in [6, 6.07) is 37.1. The van der Waals surface area contributed by atoms with Gasteiger partial charge in [-0.2, -0.15) is 0 Å². The number of hydrogen-bond donors (Lipinski definition) is 4. The van der Waals surface area contributed by atoms with Crippen LogP contribution in [0.4, 0.5) is 0 Å². The van der Waals surface area contributed by atoms with E-state index >= 15 is 0 Å². The summed E-state index contributed by atoms with van der Waals surface area (Å²) in [4.78, 5) is 37.0. The predicted molar refractivity (Wildman–Crippen MR) is 347 cm³/mol. The van der Waals surface area contributed by atoms with Crippen molar-refractivity contribution in [3.05, 3.63) is 322 Å². The number of nitrogens with two attached hydrogens (primary N) is 4. The lowest BCUT2D eigenvalue weighted by Gasteiger charge is -2.13. The summed E-state index contributed by atoms with van der Waals surface area (Å²) >= 11 is 0. The molecule has 0 bridgehead atoms. The van der Waals surface area contributed by atoms with Gasteiger partial charge in [0.2, 0.25) is 0 Å². The van der Waals surface area contributed by atoms with Gasteiger partial charge in [0, 0.05) is 89.8 Å². The van der Waals surface area contributed by atoms with E-state index in [0.717, 1.165) is 67.0 Å². The number of benzene rings is 1. The van der Waals surface area contributed by atoms with Crippen LogP contribution in [0.25, 0.3) is 89.7 Å². The van der Waals surface area contributed by atoms with Crippen LogP contribution in [0.1, 0.15) is 52.0 Å². The molecule has 12 nitrogen and oxygen atoms in total. The molecular weight excluding hydrogens is 1020 g/mol. The predicted octanol–water partition coefficient (Wildman–Crippen LogP) is 14.5. The Kier molecular flexibility index (Phi) is 19.7. The minimum atomic E-state index is 0.464. The second kappa shape index (κ2) is 28.4. The summed E-state index contributed by atoms with van der Waals surface area (Å²) < 4.78 is 0. The van der Waals surface area contributed by atoms with Gasteiger partial charge >= 0.3 is 0 Å². The normalized spacial score (nSPS) is 12.7. The third kappa shape index (κ3) is 15.0. The van der Waals surface area contributed by atoms with Crippen molar-refractivity contribution in [2.24, 2.45) is 27.9 Å². The number of hydrogen-bond acceptors (Lipinski definition) is 12. The number of nitrogens with zero attached hydrogens (tertiary/aromatic N) is 8. The van der Waals surface area contributed by atoms with Gasteiger partial charge in [0.05, 0.1) is 51.2 Å². The highest BCUT2D eigenvalue weighted by Gasteiger charge is 2.13. The van der Waals surface area contributed by atoms with E-state index < -0.39 is 0 Å². The molecule has 0 saturated heterocycles. The monoisotopic (exact) mass is 1080 g/mol. The molecule has 7 heterocycles. The summed E-state index contributed by atoms with van der Waals surface area (Å²) in [6.07, 6.45) is 39.0. The molecule has 12 heteroatoms. The van der Waals surface area contributed by atoms with E-state index in [4.69, 9.17) is 47.9 Å². The zero-order chi connectivity index (χ0) is 58.5. The first-order valence-electron chi connectivity index (χ1n) is 26.3. The van der Waals surface area contributed by atoms with E-state index in [0.29, 0.717) is 67.7 Å². The van der Waals surface area contributed by atoms with Crippen LogP contribution in [-0.2, 0) is 0 Å². The Labute approximate surface area is 485 Å². The van der Waals surface area contributed by atoms with Crippen molar-refractivity contribution in [3.8, 4) is 45.0 Å². The van der Waals surface area contributed by atoms with Crippen molar-refractivity contribution < 1.29 is 0 Å². The van der Waals surface area contributed by atoms with Gasteiger partial charge in [0.15, 0.2) is 0 Å². The standard InChI is InChI=1S/C71H62N12/c1-7-51(16-13-35-72)56-29-33-68(80-44-56)70-21-11-19-65(82-70)49(5)23-25-53(40-73)60-37-61(54(41-74)26-24-50(6)66-20-12-22-71(83-66)69-34-30-58(46-81-69)55-17-14-36-77-43-55)39-62(38-60)59-28-32-67(79-47-59)63(75)18-10-15-48(4)64-31-27-57(45-78-64)52(8-2)42-76-9-3/h7-47H,1,3-6,72-75H2,2H3/b15-10-,25-23-,26-24-,35-13-,51-16+,52-8+,53-40+,54-41+,63-18-,76-42-. The van der Waals surface area contributed by atoms with Crippen molar-refractivity contribution in [3.63, 3.8) is 0 Å². The van der Waals surface area contributed by atoms with Crippen LogP contribution in [-0.4, -0.2) is 41.1 Å². The van der Waals surface area contributed by atoms with Gasteiger partial charge in [-0.15, -0.1) is 0 Å². The Morgan fingerprint density at radius 1 is 0.470 bits per heavy atom. The second-order valence-corrected chi connectivity index (χ2v) is 18.5. The first-order valence-corrected chi connectivity index (χ1v) is 26.3. The Morgan fingerprint density at radius 3 is 1.57 bits per heavy atom. The number of aromatic nitrogens is 7. The van der Waals surface area contributed by atoms with Gasteiger partial charge in [0.1, 0.15) is 0 Å². The lowest BCUT2D eigenvalue weighted by Crippen LogP contribution is -1.99.